The van der Waals surface area contributed by atoms with Crippen LogP contribution in [0.25, 0.3) is 0 Å². The van der Waals surface area contributed by atoms with Gasteiger partial charge in [0.2, 0.25) is 5.91 Å². The maximum Gasteiger partial charge on any atom is 0.251 e. The molecule has 0 fully saturated rings. The smallest absolute Gasteiger partial charge is 0.251 e. The third-order valence-electron chi connectivity index (χ3n) is 3.92. The first kappa shape index (κ1) is 19.5. The van der Waals surface area contributed by atoms with Gasteiger partial charge in [0.15, 0.2) is 0 Å². The first-order valence-electron chi connectivity index (χ1n) is 8.98. The first-order valence-corrected chi connectivity index (χ1v) is 8.98. The van der Waals surface area contributed by atoms with Gasteiger partial charge in [0, 0.05) is 23.5 Å². The molecule has 2 rings (SSSR count). The van der Waals surface area contributed by atoms with E-state index < -0.39 is 0 Å². The number of carbonyl (C=O) groups is 2. The van der Waals surface area contributed by atoms with Gasteiger partial charge in [0.05, 0.1) is 6.54 Å². The SMILES string of the molecule is CCCCNC(=O)c1ccc(NC(=O)CNc2cc(C)cc(C)c2)cc1. The van der Waals surface area contributed by atoms with Crippen LogP contribution in [-0.4, -0.2) is 24.9 Å². The van der Waals surface area contributed by atoms with Crippen molar-refractivity contribution in [2.45, 2.75) is 33.6 Å². The van der Waals surface area contributed by atoms with Crippen LogP contribution in [0.2, 0.25) is 0 Å². The number of rotatable bonds is 8. The number of hydrogen-bond donors (Lipinski definition) is 3. The van der Waals surface area contributed by atoms with Crippen molar-refractivity contribution in [3.05, 3.63) is 59.2 Å². The van der Waals surface area contributed by atoms with E-state index in [0.717, 1.165) is 29.7 Å². The zero-order valence-electron chi connectivity index (χ0n) is 15.7. The van der Waals surface area contributed by atoms with E-state index in [2.05, 4.69) is 28.9 Å². The Morgan fingerprint density at radius 1 is 0.923 bits per heavy atom. The largest absolute Gasteiger partial charge is 0.376 e. The first-order chi connectivity index (χ1) is 12.5. The summed E-state index contributed by atoms with van der Waals surface area (Å²) in [5.41, 5.74) is 4.49. The third-order valence-corrected chi connectivity index (χ3v) is 3.92. The number of amides is 2. The summed E-state index contributed by atoms with van der Waals surface area (Å²) in [6.45, 7) is 7.00. The molecule has 0 spiro atoms. The molecule has 0 saturated carbocycles. The molecule has 0 aliphatic heterocycles. The molecular formula is C21H27N3O2. The van der Waals surface area contributed by atoms with E-state index in [0.29, 0.717) is 17.8 Å². The Hall–Kier alpha value is -2.82. The molecule has 0 bridgehead atoms. The van der Waals surface area contributed by atoms with Gasteiger partial charge in [-0.2, -0.15) is 0 Å². The normalized spacial score (nSPS) is 10.3. The highest BCUT2D eigenvalue weighted by Gasteiger charge is 2.06. The monoisotopic (exact) mass is 353 g/mol. The van der Waals surface area contributed by atoms with E-state index in [1.807, 2.05) is 26.0 Å². The van der Waals surface area contributed by atoms with Crippen LogP contribution in [0.3, 0.4) is 0 Å². The van der Waals surface area contributed by atoms with E-state index in [1.165, 1.54) is 0 Å². The fraction of sp³-hybridized carbons (Fsp3) is 0.333. The molecule has 0 heterocycles. The second kappa shape index (κ2) is 9.61. The maximum atomic E-state index is 12.1. The molecule has 0 saturated heterocycles. The van der Waals surface area contributed by atoms with Gasteiger partial charge >= 0.3 is 0 Å². The van der Waals surface area contributed by atoms with Crippen LogP contribution in [0.1, 0.15) is 41.3 Å². The molecule has 0 aromatic heterocycles. The molecular weight excluding hydrogens is 326 g/mol. The summed E-state index contributed by atoms with van der Waals surface area (Å²) in [6, 6.07) is 13.0. The standard InChI is InChI=1S/C21H27N3O2/c1-4-5-10-22-21(26)17-6-8-18(9-7-17)24-20(25)14-23-19-12-15(2)11-16(3)13-19/h6-9,11-13,23H,4-5,10,14H2,1-3H3,(H,22,26)(H,24,25). The minimum atomic E-state index is -0.135. The summed E-state index contributed by atoms with van der Waals surface area (Å²) < 4.78 is 0. The van der Waals surface area contributed by atoms with Crippen molar-refractivity contribution in [3.8, 4) is 0 Å². The Morgan fingerprint density at radius 3 is 2.19 bits per heavy atom. The van der Waals surface area contributed by atoms with Crippen molar-refractivity contribution in [1.82, 2.24) is 5.32 Å². The minimum absolute atomic E-state index is 0.0900. The Balaban J connectivity index is 1.84. The van der Waals surface area contributed by atoms with Crippen molar-refractivity contribution in [2.24, 2.45) is 0 Å². The van der Waals surface area contributed by atoms with E-state index in [9.17, 15) is 9.59 Å². The lowest BCUT2D eigenvalue weighted by molar-refractivity contribution is -0.114. The lowest BCUT2D eigenvalue weighted by atomic mass is 10.1. The number of nitrogens with one attached hydrogen (secondary N) is 3. The molecule has 3 N–H and O–H groups in total. The van der Waals surface area contributed by atoms with E-state index in [4.69, 9.17) is 0 Å². The van der Waals surface area contributed by atoms with Gasteiger partial charge in [-0.15, -0.1) is 0 Å². The average molecular weight is 353 g/mol. The summed E-state index contributed by atoms with van der Waals surface area (Å²) in [5.74, 6) is -0.225. The summed E-state index contributed by atoms with van der Waals surface area (Å²) in [7, 11) is 0. The van der Waals surface area contributed by atoms with Crippen molar-refractivity contribution >= 4 is 23.2 Å². The van der Waals surface area contributed by atoms with Crippen LogP contribution in [0.15, 0.2) is 42.5 Å². The van der Waals surface area contributed by atoms with Gasteiger partial charge in [-0.25, -0.2) is 0 Å². The maximum absolute atomic E-state index is 12.1. The Kier molecular flexibility index (Phi) is 7.21. The molecule has 0 unspecified atom stereocenters. The van der Waals surface area contributed by atoms with E-state index >= 15 is 0 Å². The van der Waals surface area contributed by atoms with Gasteiger partial charge in [0.1, 0.15) is 0 Å². The number of anilines is 2. The van der Waals surface area contributed by atoms with Crippen molar-refractivity contribution in [2.75, 3.05) is 23.7 Å². The van der Waals surface area contributed by atoms with Crippen LogP contribution >= 0.6 is 0 Å². The molecule has 26 heavy (non-hydrogen) atoms. The molecule has 0 atom stereocenters. The number of carbonyl (C=O) groups excluding carboxylic acids is 2. The molecule has 5 heteroatoms. The molecule has 138 valence electrons. The van der Waals surface area contributed by atoms with Crippen LogP contribution < -0.4 is 16.0 Å². The highest BCUT2D eigenvalue weighted by molar-refractivity contribution is 5.96. The highest BCUT2D eigenvalue weighted by atomic mass is 16.2. The Morgan fingerprint density at radius 2 is 1.58 bits per heavy atom. The predicted octanol–water partition coefficient (Wildman–Crippen LogP) is 3.88. The second-order valence-corrected chi connectivity index (χ2v) is 6.46. The van der Waals surface area contributed by atoms with E-state index in [-0.39, 0.29) is 18.4 Å². The van der Waals surface area contributed by atoms with Gasteiger partial charge in [-0.05, 0) is 67.8 Å². The lowest BCUT2D eigenvalue weighted by Gasteiger charge is -2.10. The summed E-state index contributed by atoms with van der Waals surface area (Å²) in [6.07, 6.45) is 2.01. The molecule has 0 aliphatic carbocycles. The van der Waals surface area contributed by atoms with Gasteiger partial charge in [-0.1, -0.05) is 19.4 Å². The zero-order valence-corrected chi connectivity index (χ0v) is 15.7. The summed E-state index contributed by atoms with van der Waals surface area (Å²) in [4.78, 5) is 24.1. The molecule has 2 aromatic carbocycles. The predicted molar refractivity (Wildman–Crippen MR) is 107 cm³/mol. The van der Waals surface area contributed by atoms with Crippen molar-refractivity contribution in [1.29, 1.82) is 0 Å². The topological polar surface area (TPSA) is 70.2 Å². The highest BCUT2D eigenvalue weighted by Crippen LogP contribution is 2.14. The molecule has 2 aromatic rings. The molecule has 0 radical (unpaired) electrons. The Bertz CT molecular complexity index is 734. The van der Waals surface area contributed by atoms with Crippen LogP contribution in [0, 0.1) is 13.8 Å². The lowest BCUT2D eigenvalue weighted by Crippen LogP contribution is -2.24. The molecule has 2 amide bonds. The number of hydrogen-bond acceptors (Lipinski definition) is 3. The van der Waals surface area contributed by atoms with Crippen molar-refractivity contribution < 1.29 is 9.59 Å². The fourth-order valence-electron chi connectivity index (χ4n) is 2.65. The average Bonchev–Trinajstić information content (AvgIpc) is 2.60. The van der Waals surface area contributed by atoms with Crippen LogP contribution in [0.5, 0.6) is 0 Å². The van der Waals surface area contributed by atoms with E-state index in [1.54, 1.807) is 24.3 Å². The van der Waals surface area contributed by atoms with Crippen LogP contribution in [0.4, 0.5) is 11.4 Å². The number of aryl methyl sites for hydroxylation is 2. The fourth-order valence-corrected chi connectivity index (χ4v) is 2.65. The number of benzene rings is 2. The number of unbranched alkanes of at least 4 members (excludes halogenated alkanes) is 1. The van der Waals surface area contributed by atoms with Gasteiger partial charge in [-0.3, -0.25) is 9.59 Å². The zero-order chi connectivity index (χ0) is 18.9. The van der Waals surface area contributed by atoms with Gasteiger partial charge in [0.25, 0.3) is 5.91 Å². The quantitative estimate of drug-likeness (QED) is 0.631. The van der Waals surface area contributed by atoms with Crippen LogP contribution in [-0.2, 0) is 4.79 Å². The second-order valence-electron chi connectivity index (χ2n) is 6.46. The third kappa shape index (κ3) is 6.24. The molecule has 5 nitrogen and oxygen atoms in total. The summed E-state index contributed by atoms with van der Waals surface area (Å²) in [5, 5.41) is 8.83. The summed E-state index contributed by atoms with van der Waals surface area (Å²) >= 11 is 0. The molecule has 0 aliphatic rings. The van der Waals surface area contributed by atoms with Crippen molar-refractivity contribution in [3.63, 3.8) is 0 Å². The minimum Gasteiger partial charge on any atom is -0.376 e. The Labute approximate surface area is 155 Å². The van der Waals surface area contributed by atoms with Gasteiger partial charge < -0.3 is 16.0 Å².